The highest BCUT2D eigenvalue weighted by Crippen LogP contribution is 2.10. The first-order chi connectivity index (χ1) is 8.66. The largest absolute Gasteiger partial charge is 0.369 e. The summed E-state index contributed by atoms with van der Waals surface area (Å²) in [4.78, 5) is 11.8. The van der Waals surface area contributed by atoms with Gasteiger partial charge in [-0.05, 0) is 29.8 Å². The van der Waals surface area contributed by atoms with E-state index in [1.54, 1.807) is 22.8 Å². The predicted molar refractivity (Wildman–Crippen MR) is 70.9 cm³/mol. The molecule has 94 valence electrons. The average molecular weight is 264 g/mol. The van der Waals surface area contributed by atoms with Crippen LogP contribution in [0.15, 0.2) is 42.6 Å². The minimum absolute atomic E-state index is 0.0172. The topological polar surface area (TPSA) is 31.2 Å². The molecule has 2 aromatic rings. The fourth-order valence-corrected chi connectivity index (χ4v) is 1.79. The Kier molecular flexibility index (Phi) is 4.18. The number of ether oxygens (including phenoxy) is 1. The summed E-state index contributed by atoms with van der Waals surface area (Å²) in [6.07, 6.45) is 1.84. The molecule has 0 aliphatic carbocycles. The van der Waals surface area contributed by atoms with E-state index in [0.29, 0.717) is 17.3 Å². The van der Waals surface area contributed by atoms with Crippen molar-refractivity contribution in [3.05, 3.63) is 58.9 Å². The van der Waals surface area contributed by atoms with Gasteiger partial charge < -0.3 is 9.30 Å². The van der Waals surface area contributed by atoms with Crippen LogP contribution >= 0.6 is 11.6 Å². The molecule has 0 aliphatic heterocycles. The van der Waals surface area contributed by atoms with Crippen LogP contribution in [0, 0.1) is 0 Å². The molecule has 0 amide bonds. The van der Waals surface area contributed by atoms with E-state index in [-0.39, 0.29) is 12.4 Å². The highest BCUT2D eigenvalue weighted by molar-refractivity contribution is 6.30. The smallest absolute Gasteiger partial charge is 0.204 e. The van der Waals surface area contributed by atoms with Crippen molar-refractivity contribution in [1.29, 1.82) is 0 Å². The van der Waals surface area contributed by atoms with Crippen LogP contribution in [0.5, 0.6) is 0 Å². The molecule has 1 aromatic heterocycles. The number of Topliss-reactive ketones (excluding diaryl/α,β-unsaturated/α-hetero) is 1. The molecule has 18 heavy (non-hydrogen) atoms. The first kappa shape index (κ1) is 12.9. The number of ketones is 1. The van der Waals surface area contributed by atoms with Crippen LogP contribution in [0.2, 0.25) is 5.02 Å². The Morgan fingerprint density at radius 1 is 1.28 bits per heavy atom. The SMILES string of the molecule is Cn1cccc1C(=O)COCc1ccc(Cl)cc1. The Labute approximate surface area is 111 Å². The minimum atomic E-state index is -0.0172. The van der Waals surface area contributed by atoms with Gasteiger partial charge in [-0.3, -0.25) is 4.79 Å². The van der Waals surface area contributed by atoms with Gasteiger partial charge in [0.15, 0.2) is 0 Å². The van der Waals surface area contributed by atoms with Gasteiger partial charge >= 0.3 is 0 Å². The summed E-state index contributed by atoms with van der Waals surface area (Å²) in [5.41, 5.74) is 1.66. The summed E-state index contributed by atoms with van der Waals surface area (Å²) < 4.78 is 7.18. The minimum Gasteiger partial charge on any atom is -0.369 e. The van der Waals surface area contributed by atoms with E-state index in [1.165, 1.54) is 0 Å². The lowest BCUT2D eigenvalue weighted by Gasteiger charge is -2.05. The van der Waals surface area contributed by atoms with Crippen molar-refractivity contribution in [3.63, 3.8) is 0 Å². The van der Waals surface area contributed by atoms with Crippen molar-refractivity contribution in [2.24, 2.45) is 7.05 Å². The maximum atomic E-state index is 11.8. The molecule has 0 N–H and O–H groups in total. The molecule has 0 unspecified atom stereocenters. The van der Waals surface area contributed by atoms with Gasteiger partial charge in [0.1, 0.15) is 6.61 Å². The van der Waals surface area contributed by atoms with Crippen molar-refractivity contribution < 1.29 is 9.53 Å². The van der Waals surface area contributed by atoms with Gasteiger partial charge in [-0.15, -0.1) is 0 Å². The summed E-state index contributed by atoms with van der Waals surface area (Å²) >= 11 is 5.78. The Hall–Kier alpha value is -1.58. The molecule has 0 saturated carbocycles. The predicted octanol–water partition coefficient (Wildman–Crippen LogP) is 3.08. The van der Waals surface area contributed by atoms with Crippen LogP contribution in [-0.2, 0) is 18.4 Å². The fraction of sp³-hybridized carbons (Fsp3) is 0.214. The third-order valence-corrected chi connectivity index (χ3v) is 2.90. The second kappa shape index (κ2) is 5.85. The second-order valence-corrected chi connectivity index (χ2v) is 4.48. The molecule has 0 bridgehead atoms. The molecule has 1 aromatic carbocycles. The van der Waals surface area contributed by atoms with Gasteiger partial charge in [0.25, 0.3) is 0 Å². The van der Waals surface area contributed by atoms with Gasteiger partial charge in [-0.1, -0.05) is 23.7 Å². The molecule has 0 saturated heterocycles. The van der Waals surface area contributed by atoms with Crippen LogP contribution in [0.1, 0.15) is 16.1 Å². The number of aromatic nitrogens is 1. The van der Waals surface area contributed by atoms with Crippen LogP contribution in [0.25, 0.3) is 0 Å². The number of hydrogen-bond acceptors (Lipinski definition) is 2. The molecule has 0 atom stereocenters. The number of carbonyl (C=O) groups is 1. The number of benzene rings is 1. The molecule has 0 spiro atoms. The molecule has 0 fully saturated rings. The first-order valence-corrected chi connectivity index (χ1v) is 6.01. The van der Waals surface area contributed by atoms with Crippen molar-refractivity contribution in [3.8, 4) is 0 Å². The maximum absolute atomic E-state index is 11.8. The zero-order valence-corrected chi connectivity index (χ0v) is 10.9. The van der Waals surface area contributed by atoms with Crippen LogP contribution in [-0.4, -0.2) is 17.0 Å². The summed E-state index contributed by atoms with van der Waals surface area (Å²) in [5, 5.41) is 0.693. The zero-order chi connectivity index (χ0) is 13.0. The summed E-state index contributed by atoms with van der Waals surface area (Å²) in [5.74, 6) is -0.0172. The number of hydrogen-bond donors (Lipinski definition) is 0. The van der Waals surface area contributed by atoms with Crippen molar-refractivity contribution >= 4 is 17.4 Å². The van der Waals surface area contributed by atoms with Gasteiger partial charge in [0.05, 0.1) is 12.3 Å². The molecule has 0 radical (unpaired) electrons. The highest BCUT2D eigenvalue weighted by atomic mass is 35.5. The first-order valence-electron chi connectivity index (χ1n) is 5.63. The molecule has 1 heterocycles. The molecule has 2 rings (SSSR count). The number of rotatable bonds is 5. The standard InChI is InChI=1S/C14H14ClNO2/c1-16-8-2-3-13(16)14(17)10-18-9-11-4-6-12(15)7-5-11/h2-8H,9-10H2,1H3. The van der Waals surface area contributed by atoms with Crippen LogP contribution in [0.3, 0.4) is 0 Å². The van der Waals surface area contributed by atoms with Crippen LogP contribution < -0.4 is 0 Å². The number of aryl methyl sites for hydroxylation is 1. The Morgan fingerprint density at radius 3 is 2.61 bits per heavy atom. The quantitative estimate of drug-likeness (QED) is 0.777. The Balaban J connectivity index is 1.84. The third kappa shape index (κ3) is 3.22. The van der Waals surface area contributed by atoms with Crippen molar-refractivity contribution in [2.75, 3.05) is 6.61 Å². The normalized spacial score (nSPS) is 10.6. The summed E-state index contributed by atoms with van der Waals surface area (Å²) in [6.45, 7) is 0.494. The zero-order valence-electron chi connectivity index (χ0n) is 10.1. The van der Waals surface area contributed by atoms with Gasteiger partial charge in [-0.25, -0.2) is 0 Å². The lowest BCUT2D eigenvalue weighted by Crippen LogP contribution is -2.12. The molecule has 3 nitrogen and oxygen atoms in total. The Morgan fingerprint density at radius 2 is 2.00 bits per heavy atom. The summed E-state index contributed by atoms with van der Waals surface area (Å²) in [7, 11) is 1.84. The van der Waals surface area contributed by atoms with E-state index >= 15 is 0 Å². The summed E-state index contributed by atoms with van der Waals surface area (Å²) in [6, 6.07) is 11.0. The highest BCUT2D eigenvalue weighted by Gasteiger charge is 2.08. The van der Waals surface area contributed by atoms with E-state index in [9.17, 15) is 4.79 Å². The van der Waals surface area contributed by atoms with Crippen molar-refractivity contribution in [1.82, 2.24) is 4.57 Å². The average Bonchev–Trinajstić information content (AvgIpc) is 2.78. The third-order valence-electron chi connectivity index (χ3n) is 2.64. The molecule has 0 aliphatic rings. The fourth-order valence-electron chi connectivity index (χ4n) is 1.67. The monoisotopic (exact) mass is 263 g/mol. The molecular formula is C14H14ClNO2. The van der Waals surface area contributed by atoms with E-state index in [2.05, 4.69) is 0 Å². The lowest BCUT2D eigenvalue weighted by molar-refractivity contribution is 0.0718. The number of nitrogens with zero attached hydrogens (tertiary/aromatic N) is 1. The van der Waals surface area contributed by atoms with E-state index in [1.807, 2.05) is 31.4 Å². The van der Waals surface area contributed by atoms with E-state index in [0.717, 1.165) is 5.56 Å². The van der Waals surface area contributed by atoms with Crippen molar-refractivity contribution in [2.45, 2.75) is 6.61 Å². The van der Waals surface area contributed by atoms with Gasteiger partial charge in [-0.2, -0.15) is 0 Å². The van der Waals surface area contributed by atoms with E-state index in [4.69, 9.17) is 16.3 Å². The second-order valence-electron chi connectivity index (χ2n) is 4.05. The number of halogens is 1. The van der Waals surface area contributed by atoms with Crippen LogP contribution in [0.4, 0.5) is 0 Å². The maximum Gasteiger partial charge on any atom is 0.204 e. The van der Waals surface area contributed by atoms with Gasteiger partial charge in [0.2, 0.25) is 5.78 Å². The Bertz CT molecular complexity index is 531. The van der Waals surface area contributed by atoms with E-state index < -0.39 is 0 Å². The lowest BCUT2D eigenvalue weighted by atomic mass is 10.2. The number of carbonyl (C=O) groups excluding carboxylic acids is 1. The molecule has 4 heteroatoms. The van der Waals surface area contributed by atoms with Gasteiger partial charge in [0, 0.05) is 18.3 Å². The molecular weight excluding hydrogens is 250 g/mol.